The van der Waals surface area contributed by atoms with Gasteiger partial charge in [-0.15, -0.1) is 11.3 Å². The summed E-state index contributed by atoms with van der Waals surface area (Å²) in [4.78, 5) is 17.0. The molecule has 1 heterocycles. The van der Waals surface area contributed by atoms with E-state index in [9.17, 15) is 4.79 Å². The first kappa shape index (κ1) is 13.5. The van der Waals surface area contributed by atoms with Crippen molar-refractivity contribution in [1.29, 1.82) is 0 Å². The van der Waals surface area contributed by atoms with Crippen LogP contribution in [-0.4, -0.2) is 23.1 Å². The van der Waals surface area contributed by atoms with E-state index in [4.69, 9.17) is 10.8 Å². The summed E-state index contributed by atoms with van der Waals surface area (Å²) < 4.78 is 0. The molecule has 0 spiro atoms. The molecule has 0 bridgehead atoms. The first-order valence-corrected chi connectivity index (χ1v) is 6.61. The molecule has 0 saturated heterocycles. The molecule has 1 aromatic carbocycles. The number of carbonyl (C=O) groups is 1. The molecule has 1 unspecified atom stereocenters. The number of aliphatic carboxylic acids is 1. The smallest absolute Gasteiger partial charge is 0.326 e. The van der Waals surface area contributed by atoms with Gasteiger partial charge >= 0.3 is 5.97 Å². The first-order valence-electron chi connectivity index (χ1n) is 5.73. The van der Waals surface area contributed by atoms with E-state index in [-0.39, 0.29) is 0 Å². The van der Waals surface area contributed by atoms with Crippen LogP contribution < -0.4 is 10.6 Å². The fourth-order valence-electron chi connectivity index (χ4n) is 1.58. The van der Waals surface area contributed by atoms with Gasteiger partial charge in [0.2, 0.25) is 0 Å². The second-order valence-electron chi connectivity index (χ2n) is 4.27. The van der Waals surface area contributed by atoms with Gasteiger partial charge in [-0.05, 0) is 19.1 Å². The fraction of sp³-hybridized carbons (Fsp3) is 0.231. The Bertz CT molecular complexity index is 580. The Morgan fingerprint density at radius 1 is 1.42 bits per heavy atom. The van der Waals surface area contributed by atoms with Crippen LogP contribution in [0.5, 0.6) is 0 Å². The maximum Gasteiger partial charge on any atom is 0.326 e. The normalized spacial score (nSPS) is 12.2. The zero-order chi connectivity index (χ0) is 14.0. The Morgan fingerprint density at radius 3 is 2.63 bits per heavy atom. The number of aryl methyl sites for hydroxylation is 1. The predicted octanol–water partition coefficient (Wildman–Crippen LogP) is 2.30. The number of carboxylic acid groups (broad SMARTS) is 1. The van der Waals surface area contributed by atoms with Gasteiger partial charge in [0.05, 0.1) is 5.69 Å². The zero-order valence-electron chi connectivity index (χ0n) is 10.7. The fourth-order valence-corrected chi connectivity index (χ4v) is 2.43. The maximum atomic E-state index is 10.8. The summed E-state index contributed by atoms with van der Waals surface area (Å²) in [7, 11) is 1.89. The van der Waals surface area contributed by atoms with Crippen LogP contribution in [0, 0.1) is 6.92 Å². The van der Waals surface area contributed by atoms with Gasteiger partial charge in [-0.2, -0.15) is 0 Å². The molecule has 5 nitrogen and oxygen atoms in total. The molecule has 0 radical (unpaired) electrons. The standard InChI is InChI=1S/C13H15N3O2S/c1-8-3-5-9(6-4-8)16(2)13-15-10(7-19-13)11(14)12(17)18/h3-7,11H,14H2,1-2H3,(H,17,18). The minimum atomic E-state index is -1.07. The number of hydrogen-bond donors (Lipinski definition) is 2. The molecule has 0 aliphatic rings. The number of nitrogens with zero attached hydrogens (tertiary/aromatic N) is 2. The minimum absolute atomic E-state index is 0.381. The molecule has 1 aromatic heterocycles. The number of benzene rings is 1. The third kappa shape index (κ3) is 2.91. The van der Waals surface area contributed by atoms with Crippen LogP contribution in [0.2, 0.25) is 0 Å². The Hall–Kier alpha value is -1.92. The van der Waals surface area contributed by atoms with E-state index in [1.54, 1.807) is 5.38 Å². The zero-order valence-corrected chi connectivity index (χ0v) is 11.5. The number of rotatable bonds is 4. The van der Waals surface area contributed by atoms with Crippen molar-refractivity contribution in [2.45, 2.75) is 13.0 Å². The number of aromatic nitrogens is 1. The summed E-state index contributed by atoms with van der Waals surface area (Å²) in [5, 5.41) is 11.3. The van der Waals surface area contributed by atoms with Crippen molar-refractivity contribution in [3.8, 4) is 0 Å². The number of hydrogen-bond acceptors (Lipinski definition) is 5. The van der Waals surface area contributed by atoms with E-state index in [1.165, 1.54) is 16.9 Å². The van der Waals surface area contributed by atoms with Crippen LogP contribution in [0.3, 0.4) is 0 Å². The van der Waals surface area contributed by atoms with Gasteiger partial charge in [-0.25, -0.2) is 4.98 Å². The molecule has 0 aliphatic heterocycles. The van der Waals surface area contributed by atoms with Crippen LogP contribution >= 0.6 is 11.3 Å². The second kappa shape index (κ2) is 5.38. The lowest BCUT2D eigenvalue weighted by Crippen LogP contribution is -2.21. The van der Waals surface area contributed by atoms with E-state index >= 15 is 0 Å². The molecule has 2 aromatic rings. The lowest BCUT2D eigenvalue weighted by molar-refractivity contribution is -0.138. The van der Waals surface area contributed by atoms with Crippen LogP contribution in [0.25, 0.3) is 0 Å². The van der Waals surface area contributed by atoms with Gasteiger partial charge in [0.1, 0.15) is 6.04 Å². The van der Waals surface area contributed by atoms with Gasteiger partial charge in [-0.3, -0.25) is 4.79 Å². The van der Waals surface area contributed by atoms with Gasteiger partial charge < -0.3 is 15.7 Å². The minimum Gasteiger partial charge on any atom is -0.480 e. The third-order valence-corrected chi connectivity index (χ3v) is 3.74. The highest BCUT2D eigenvalue weighted by atomic mass is 32.1. The highest BCUT2D eigenvalue weighted by Crippen LogP contribution is 2.28. The van der Waals surface area contributed by atoms with Crippen molar-refractivity contribution in [3.63, 3.8) is 0 Å². The van der Waals surface area contributed by atoms with Crippen LogP contribution in [0.15, 0.2) is 29.6 Å². The molecule has 0 aliphatic carbocycles. The monoisotopic (exact) mass is 277 g/mol. The molecule has 19 heavy (non-hydrogen) atoms. The molecular formula is C13H15N3O2S. The molecule has 100 valence electrons. The number of carboxylic acids is 1. The predicted molar refractivity (Wildman–Crippen MR) is 75.9 cm³/mol. The molecule has 0 amide bonds. The van der Waals surface area contributed by atoms with Crippen molar-refractivity contribution < 1.29 is 9.90 Å². The largest absolute Gasteiger partial charge is 0.480 e. The topological polar surface area (TPSA) is 79.5 Å². The van der Waals surface area contributed by atoms with E-state index in [0.717, 1.165) is 10.8 Å². The SMILES string of the molecule is Cc1ccc(N(C)c2nc(C(N)C(=O)O)cs2)cc1. The van der Waals surface area contributed by atoms with Crippen LogP contribution in [0.1, 0.15) is 17.3 Å². The summed E-state index contributed by atoms with van der Waals surface area (Å²) in [6, 6.07) is 6.95. The highest BCUT2D eigenvalue weighted by molar-refractivity contribution is 7.13. The van der Waals surface area contributed by atoms with Crippen LogP contribution in [-0.2, 0) is 4.79 Å². The van der Waals surface area contributed by atoms with E-state index < -0.39 is 12.0 Å². The van der Waals surface area contributed by atoms with Gasteiger partial charge in [0.15, 0.2) is 5.13 Å². The van der Waals surface area contributed by atoms with Crippen molar-refractivity contribution in [2.75, 3.05) is 11.9 Å². The number of thiazole rings is 1. The summed E-state index contributed by atoms with van der Waals surface area (Å²) in [6.45, 7) is 2.02. The lowest BCUT2D eigenvalue weighted by atomic mass is 10.2. The molecular weight excluding hydrogens is 262 g/mol. The third-order valence-electron chi connectivity index (χ3n) is 2.80. The Labute approximate surface area is 115 Å². The highest BCUT2D eigenvalue weighted by Gasteiger charge is 2.19. The van der Waals surface area contributed by atoms with E-state index in [2.05, 4.69) is 4.98 Å². The van der Waals surface area contributed by atoms with Gasteiger partial charge in [-0.1, -0.05) is 17.7 Å². The summed E-state index contributed by atoms with van der Waals surface area (Å²) in [6.07, 6.45) is 0. The van der Waals surface area contributed by atoms with Crippen LogP contribution in [0.4, 0.5) is 10.8 Å². The average molecular weight is 277 g/mol. The molecule has 1 atom stereocenters. The van der Waals surface area contributed by atoms with Crippen molar-refractivity contribution in [3.05, 3.63) is 40.9 Å². The van der Waals surface area contributed by atoms with Crippen molar-refractivity contribution in [1.82, 2.24) is 4.98 Å². The molecule has 6 heteroatoms. The first-order chi connectivity index (χ1) is 8.99. The number of anilines is 2. The van der Waals surface area contributed by atoms with Gasteiger partial charge in [0, 0.05) is 18.1 Å². The summed E-state index contributed by atoms with van der Waals surface area (Å²) >= 11 is 1.37. The Morgan fingerprint density at radius 2 is 2.05 bits per heavy atom. The number of nitrogens with two attached hydrogens (primary N) is 1. The summed E-state index contributed by atoms with van der Waals surface area (Å²) in [5.41, 5.74) is 8.10. The van der Waals surface area contributed by atoms with Crippen molar-refractivity contribution in [2.24, 2.45) is 5.73 Å². The molecule has 3 N–H and O–H groups in total. The Balaban J connectivity index is 2.22. The van der Waals surface area contributed by atoms with E-state index in [0.29, 0.717) is 5.69 Å². The van der Waals surface area contributed by atoms with Gasteiger partial charge in [0.25, 0.3) is 0 Å². The van der Waals surface area contributed by atoms with Crippen molar-refractivity contribution >= 4 is 28.1 Å². The quantitative estimate of drug-likeness (QED) is 0.896. The maximum absolute atomic E-state index is 10.8. The summed E-state index contributed by atoms with van der Waals surface area (Å²) in [5.74, 6) is -1.07. The van der Waals surface area contributed by atoms with E-state index in [1.807, 2.05) is 43.1 Å². The second-order valence-corrected chi connectivity index (χ2v) is 5.10. The Kier molecular flexibility index (Phi) is 3.82. The molecule has 0 fully saturated rings. The molecule has 2 rings (SSSR count). The lowest BCUT2D eigenvalue weighted by Gasteiger charge is -2.16. The molecule has 0 saturated carbocycles. The average Bonchev–Trinajstić information content (AvgIpc) is 2.87.